The van der Waals surface area contributed by atoms with E-state index in [9.17, 15) is 4.79 Å². The second-order valence-corrected chi connectivity index (χ2v) is 5.76. The Kier molecular flexibility index (Phi) is 4.42. The second-order valence-electron chi connectivity index (χ2n) is 5.76. The molecule has 4 nitrogen and oxygen atoms in total. The highest BCUT2D eigenvalue weighted by molar-refractivity contribution is 5.78. The number of carbonyl (C=O) groups excluding carboxylic acids is 1. The first kappa shape index (κ1) is 14.6. The van der Waals surface area contributed by atoms with Crippen LogP contribution in [0.15, 0.2) is 24.5 Å². The Morgan fingerprint density at radius 3 is 2.70 bits per heavy atom. The lowest BCUT2D eigenvalue weighted by atomic mass is 10.1. The monoisotopic (exact) mass is 273 g/mol. The fourth-order valence-corrected chi connectivity index (χ4v) is 2.18. The molecule has 0 saturated heterocycles. The Labute approximate surface area is 120 Å². The molecule has 0 aliphatic carbocycles. The predicted octanol–water partition coefficient (Wildman–Crippen LogP) is 2.93. The molecule has 0 saturated carbocycles. The number of fused-ring (bicyclic) bond motifs is 1. The first-order chi connectivity index (χ1) is 9.49. The van der Waals surface area contributed by atoms with Crippen molar-refractivity contribution in [3.05, 3.63) is 30.1 Å². The highest BCUT2D eigenvalue weighted by Gasteiger charge is 2.07. The third-order valence-electron chi connectivity index (χ3n) is 3.43. The number of amides is 1. The molecule has 0 atom stereocenters. The van der Waals surface area contributed by atoms with Crippen LogP contribution in [0.5, 0.6) is 0 Å². The maximum atomic E-state index is 11.5. The van der Waals surface area contributed by atoms with Gasteiger partial charge in [0.2, 0.25) is 5.91 Å². The molecule has 108 valence electrons. The van der Waals surface area contributed by atoms with Crippen LogP contribution in [0.1, 0.15) is 39.3 Å². The minimum absolute atomic E-state index is 0.0409. The van der Waals surface area contributed by atoms with Crippen molar-refractivity contribution >= 4 is 16.9 Å². The summed E-state index contributed by atoms with van der Waals surface area (Å²) in [6.45, 7) is 8.78. The fraction of sp³-hybridized carbons (Fsp3) is 0.500. The first-order valence-electron chi connectivity index (χ1n) is 7.22. The van der Waals surface area contributed by atoms with Gasteiger partial charge in [-0.3, -0.25) is 4.79 Å². The molecule has 2 rings (SSSR count). The summed E-state index contributed by atoms with van der Waals surface area (Å²) in [6.07, 6.45) is 2.72. The topological polar surface area (TPSA) is 46.9 Å². The van der Waals surface area contributed by atoms with Crippen molar-refractivity contribution in [1.82, 2.24) is 14.9 Å². The van der Waals surface area contributed by atoms with E-state index in [1.807, 2.05) is 20.2 Å². The van der Waals surface area contributed by atoms with E-state index in [1.54, 1.807) is 0 Å². The molecule has 4 heteroatoms. The first-order valence-corrected chi connectivity index (χ1v) is 7.22. The van der Waals surface area contributed by atoms with Crippen molar-refractivity contribution in [2.45, 2.75) is 40.2 Å². The summed E-state index contributed by atoms with van der Waals surface area (Å²) in [5, 5.41) is 2.94. The molecule has 0 aliphatic rings. The van der Waals surface area contributed by atoms with Crippen LogP contribution in [0.2, 0.25) is 0 Å². The molecule has 0 spiro atoms. The van der Waals surface area contributed by atoms with Crippen molar-refractivity contribution in [3.8, 4) is 0 Å². The van der Waals surface area contributed by atoms with Gasteiger partial charge >= 0.3 is 0 Å². The highest BCUT2D eigenvalue weighted by atomic mass is 16.1. The number of nitrogens with one attached hydrogen (secondary N) is 1. The van der Waals surface area contributed by atoms with Crippen LogP contribution in [0.4, 0.5) is 0 Å². The van der Waals surface area contributed by atoms with Gasteiger partial charge in [-0.25, -0.2) is 4.98 Å². The van der Waals surface area contributed by atoms with E-state index < -0.39 is 0 Å². The highest BCUT2D eigenvalue weighted by Crippen LogP contribution is 2.18. The van der Waals surface area contributed by atoms with Gasteiger partial charge in [0.25, 0.3) is 0 Å². The van der Waals surface area contributed by atoms with Gasteiger partial charge in [-0.15, -0.1) is 0 Å². The van der Waals surface area contributed by atoms with Gasteiger partial charge in [0.05, 0.1) is 17.4 Å². The lowest BCUT2D eigenvalue weighted by molar-refractivity contribution is -0.123. The number of nitrogens with zero attached hydrogens (tertiary/aromatic N) is 2. The number of carbonyl (C=O) groups is 1. The van der Waals surface area contributed by atoms with E-state index >= 15 is 0 Å². The second kappa shape index (κ2) is 6.07. The van der Waals surface area contributed by atoms with Gasteiger partial charge in [-0.05, 0) is 38.0 Å². The number of aromatic nitrogens is 2. The van der Waals surface area contributed by atoms with Crippen LogP contribution >= 0.6 is 0 Å². The fourth-order valence-electron chi connectivity index (χ4n) is 2.18. The Morgan fingerprint density at radius 2 is 2.05 bits per heavy atom. The largest absolute Gasteiger partial charge is 0.356 e. The molecule has 1 amide bonds. The average Bonchev–Trinajstić information content (AvgIpc) is 2.81. The van der Waals surface area contributed by atoms with Crippen LogP contribution in [0.25, 0.3) is 11.0 Å². The summed E-state index contributed by atoms with van der Waals surface area (Å²) in [7, 11) is 0. The average molecular weight is 273 g/mol. The maximum absolute atomic E-state index is 11.5. The maximum Gasteiger partial charge on any atom is 0.222 e. The SMILES string of the molecule is CC(C)C(=O)NCCc1ccc2c(c1)ncn2C(C)C. The Bertz CT molecular complexity index is 599. The van der Waals surface area contributed by atoms with Crippen LogP contribution in [0, 0.1) is 5.92 Å². The third kappa shape index (κ3) is 3.18. The third-order valence-corrected chi connectivity index (χ3v) is 3.43. The van der Waals surface area contributed by atoms with E-state index in [0.29, 0.717) is 12.6 Å². The van der Waals surface area contributed by atoms with Crippen LogP contribution in [-0.2, 0) is 11.2 Å². The molecule has 1 N–H and O–H groups in total. The smallest absolute Gasteiger partial charge is 0.222 e. The molecule has 1 heterocycles. The molecule has 0 bridgehead atoms. The molecule has 20 heavy (non-hydrogen) atoms. The summed E-state index contributed by atoms with van der Waals surface area (Å²) in [6, 6.07) is 6.75. The number of rotatable bonds is 5. The summed E-state index contributed by atoms with van der Waals surface area (Å²) in [4.78, 5) is 15.9. The van der Waals surface area contributed by atoms with Gasteiger partial charge in [-0.2, -0.15) is 0 Å². The lowest BCUT2D eigenvalue weighted by Crippen LogP contribution is -2.29. The van der Waals surface area contributed by atoms with E-state index in [1.165, 1.54) is 5.56 Å². The molecule has 1 aromatic carbocycles. The van der Waals surface area contributed by atoms with E-state index in [-0.39, 0.29) is 11.8 Å². The van der Waals surface area contributed by atoms with Crippen LogP contribution in [-0.4, -0.2) is 22.0 Å². The van der Waals surface area contributed by atoms with Gasteiger partial charge in [-0.1, -0.05) is 19.9 Å². The summed E-state index contributed by atoms with van der Waals surface area (Å²) in [5.74, 6) is 0.148. The molecule has 0 aliphatic heterocycles. The molecule has 2 aromatic rings. The van der Waals surface area contributed by atoms with Gasteiger partial charge in [0.15, 0.2) is 0 Å². The van der Waals surface area contributed by atoms with Crippen LogP contribution in [0.3, 0.4) is 0 Å². The minimum Gasteiger partial charge on any atom is -0.356 e. The Hall–Kier alpha value is -1.84. The molecule has 0 fully saturated rings. The molecular formula is C16H23N3O. The number of hydrogen-bond acceptors (Lipinski definition) is 2. The molecule has 0 radical (unpaired) electrons. The summed E-state index contributed by atoms with van der Waals surface area (Å²) >= 11 is 0. The van der Waals surface area contributed by atoms with Crippen molar-refractivity contribution in [1.29, 1.82) is 0 Å². The standard InChI is InChI=1S/C16H23N3O/c1-11(2)16(20)17-8-7-13-5-6-15-14(9-13)18-10-19(15)12(3)4/h5-6,9-12H,7-8H2,1-4H3,(H,17,20). The van der Waals surface area contributed by atoms with Crippen molar-refractivity contribution in [3.63, 3.8) is 0 Å². The number of hydrogen-bond donors (Lipinski definition) is 1. The zero-order chi connectivity index (χ0) is 14.7. The van der Waals surface area contributed by atoms with Crippen molar-refractivity contribution in [2.75, 3.05) is 6.54 Å². The molecule has 1 aromatic heterocycles. The quantitative estimate of drug-likeness (QED) is 0.910. The van der Waals surface area contributed by atoms with Gasteiger partial charge in [0, 0.05) is 18.5 Å². The summed E-state index contributed by atoms with van der Waals surface area (Å²) in [5.41, 5.74) is 3.39. The Balaban J connectivity index is 2.04. The number of benzene rings is 1. The van der Waals surface area contributed by atoms with Gasteiger partial charge < -0.3 is 9.88 Å². The van der Waals surface area contributed by atoms with E-state index in [2.05, 4.69) is 46.9 Å². The normalized spacial score (nSPS) is 11.5. The predicted molar refractivity (Wildman–Crippen MR) is 81.7 cm³/mol. The summed E-state index contributed by atoms with van der Waals surface area (Å²) < 4.78 is 2.17. The Morgan fingerprint density at radius 1 is 1.30 bits per heavy atom. The van der Waals surface area contributed by atoms with Crippen molar-refractivity contribution < 1.29 is 4.79 Å². The molecule has 0 unspecified atom stereocenters. The molecular weight excluding hydrogens is 250 g/mol. The van der Waals surface area contributed by atoms with Gasteiger partial charge in [0.1, 0.15) is 0 Å². The van der Waals surface area contributed by atoms with Crippen LogP contribution < -0.4 is 5.32 Å². The lowest BCUT2D eigenvalue weighted by Gasteiger charge is -2.09. The minimum atomic E-state index is 0.0409. The number of imidazole rings is 1. The van der Waals surface area contributed by atoms with Crippen molar-refractivity contribution in [2.24, 2.45) is 5.92 Å². The van der Waals surface area contributed by atoms with E-state index in [4.69, 9.17) is 0 Å². The van der Waals surface area contributed by atoms with E-state index in [0.717, 1.165) is 17.5 Å². The zero-order valence-corrected chi connectivity index (χ0v) is 12.7. The zero-order valence-electron chi connectivity index (χ0n) is 12.7.